The summed E-state index contributed by atoms with van der Waals surface area (Å²) >= 11 is 0. The zero-order valence-electron chi connectivity index (χ0n) is 8.65. The van der Waals surface area contributed by atoms with Crippen LogP contribution in [0.5, 0.6) is 0 Å². The van der Waals surface area contributed by atoms with Gasteiger partial charge in [-0.3, -0.25) is 0 Å². The van der Waals surface area contributed by atoms with E-state index < -0.39 is 6.10 Å². The molecule has 2 rings (SSSR count). The molecule has 0 spiro atoms. The monoisotopic (exact) mass is 190 g/mol. The number of aliphatic hydroxyl groups excluding tert-OH is 1. The van der Waals surface area contributed by atoms with Crippen molar-refractivity contribution in [2.45, 2.75) is 26.9 Å². The van der Waals surface area contributed by atoms with Crippen LogP contribution >= 0.6 is 0 Å². The zero-order chi connectivity index (χ0) is 10.3. The van der Waals surface area contributed by atoms with Crippen LogP contribution in [0.3, 0.4) is 0 Å². The van der Waals surface area contributed by atoms with E-state index in [0.29, 0.717) is 0 Å². The van der Waals surface area contributed by atoms with Crippen LogP contribution in [0.4, 0.5) is 0 Å². The molecule has 1 atom stereocenters. The topological polar surface area (TPSA) is 37.5 Å². The van der Waals surface area contributed by atoms with Crippen LogP contribution in [0.2, 0.25) is 0 Å². The van der Waals surface area contributed by atoms with E-state index in [2.05, 4.69) is 4.98 Å². The minimum Gasteiger partial charge on any atom is -0.387 e. The van der Waals surface area contributed by atoms with Gasteiger partial charge in [0.1, 0.15) is 5.65 Å². The van der Waals surface area contributed by atoms with Crippen LogP contribution < -0.4 is 0 Å². The lowest BCUT2D eigenvalue weighted by Crippen LogP contribution is -1.99. The molecule has 0 aliphatic heterocycles. The Kier molecular flexibility index (Phi) is 2.04. The first-order chi connectivity index (χ1) is 6.61. The fraction of sp³-hybridized carbons (Fsp3) is 0.364. The minimum atomic E-state index is -0.480. The van der Waals surface area contributed by atoms with Crippen LogP contribution in [-0.4, -0.2) is 14.5 Å². The first-order valence-electron chi connectivity index (χ1n) is 4.73. The number of rotatable bonds is 1. The predicted molar refractivity (Wildman–Crippen MR) is 55.3 cm³/mol. The maximum absolute atomic E-state index is 9.62. The molecule has 1 N–H and O–H groups in total. The van der Waals surface area contributed by atoms with Crippen LogP contribution in [0.15, 0.2) is 18.3 Å². The third-order valence-electron chi connectivity index (χ3n) is 2.46. The number of aliphatic hydroxyl groups is 1. The highest BCUT2D eigenvalue weighted by atomic mass is 16.3. The van der Waals surface area contributed by atoms with E-state index in [1.807, 2.05) is 36.6 Å². The van der Waals surface area contributed by atoms with Gasteiger partial charge in [-0.05, 0) is 32.4 Å². The highest BCUT2D eigenvalue weighted by molar-refractivity contribution is 5.50. The maximum atomic E-state index is 9.62. The Balaban J connectivity index is 2.83. The molecule has 0 saturated carbocycles. The first kappa shape index (κ1) is 9.21. The van der Waals surface area contributed by atoms with Crippen molar-refractivity contribution >= 4 is 5.65 Å². The minimum absolute atomic E-state index is 0.480. The summed E-state index contributed by atoms with van der Waals surface area (Å²) in [4.78, 5) is 4.44. The summed E-state index contributed by atoms with van der Waals surface area (Å²) in [6.45, 7) is 5.71. The molecule has 0 amide bonds. The van der Waals surface area contributed by atoms with Gasteiger partial charge in [-0.25, -0.2) is 4.98 Å². The average Bonchev–Trinajstić information content (AvgIpc) is 2.42. The standard InChI is InChI=1S/C11H14N2O/c1-7-5-4-6-13-10(9(3)14)8(2)12-11(7)13/h4-6,9,14H,1-3H3. The molecule has 0 saturated heterocycles. The lowest BCUT2D eigenvalue weighted by Gasteiger charge is -2.05. The molecule has 2 heterocycles. The Hall–Kier alpha value is -1.35. The van der Waals surface area contributed by atoms with E-state index in [9.17, 15) is 5.11 Å². The molecule has 2 aromatic rings. The second-order valence-electron chi connectivity index (χ2n) is 3.64. The van der Waals surface area contributed by atoms with Crippen molar-refractivity contribution in [2.75, 3.05) is 0 Å². The number of fused-ring (bicyclic) bond motifs is 1. The molecular formula is C11H14N2O. The normalized spacial score (nSPS) is 13.4. The summed E-state index contributed by atoms with van der Waals surface area (Å²) in [5.41, 5.74) is 3.83. The van der Waals surface area contributed by atoms with Crippen molar-refractivity contribution in [2.24, 2.45) is 0 Å². The second kappa shape index (κ2) is 3.10. The molecule has 0 radical (unpaired) electrons. The van der Waals surface area contributed by atoms with Crippen molar-refractivity contribution in [3.05, 3.63) is 35.3 Å². The molecule has 14 heavy (non-hydrogen) atoms. The number of aryl methyl sites for hydroxylation is 2. The van der Waals surface area contributed by atoms with E-state index in [4.69, 9.17) is 0 Å². The van der Waals surface area contributed by atoms with Gasteiger partial charge in [0.2, 0.25) is 0 Å². The van der Waals surface area contributed by atoms with Crippen molar-refractivity contribution in [1.29, 1.82) is 0 Å². The fourth-order valence-corrected chi connectivity index (χ4v) is 1.84. The van der Waals surface area contributed by atoms with E-state index in [0.717, 1.165) is 22.6 Å². The lowest BCUT2D eigenvalue weighted by atomic mass is 10.2. The van der Waals surface area contributed by atoms with Crippen LogP contribution in [0.1, 0.15) is 30.0 Å². The van der Waals surface area contributed by atoms with Gasteiger partial charge in [0.15, 0.2) is 0 Å². The number of imidazole rings is 1. The highest BCUT2D eigenvalue weighted by Gasteiger charge is 2.13. The van der Waals surface area contributed by atoms with Gasteiger partial charge in [-0.2, -0.15) is 0 Å². The molecule has 3 heteroatoms. The smallest absolute Gasteiger partial charge is 0.140 e. The van der Waals surface area contributed by atoms with Gasteiger partial charge < -0.3 is 9.51 Å². The molecule has 2 aromatic heterocycles. The molecule has 0 aliphatic rings. The summed E-state index contributed by atoms with van der Waals surface area (Å²) < 4.78 is 1.95. The van der Waals surface area contributed by atoms with E-state index >= 15 is 0 Å². The van der Waals surface area contributed by atoms with Crippen LogP contribution in [0, 0.1) is 13.8 Å². The second-order valence-corrected chi connectivity index (χ2v) is 3.64. The number of aromatic nitrogens is 2. The Morgan fingerprint density at radius 1 is 1.43 bits per heavy atom. The Labute approximate surface area is 83.0 Å². The van der Waals surface area contributed by atoms with E-state index in [1.54, 1.807) is 6.92 Å². The van der Waals surface area contributed by atoms with Gasteiger partial charge in [0.25, 0.3) is 0 Å². The van der Waals surface area contributed by atoms with Gasteiger partial charge in [-0.1, -0.05) is 6.07 Å². The fourth-order valence-electron chi connectivity index (χ4n) is 1.84. The molecule has 0 aliphatic carbocycles. The SMILES string of the molecule is Cc1nc2c(C)cccn2c1C(C)O. The third kappa shape index (κ3) is 1.21. The van der Waals surface area contributed by atoms with Gasteiger partial charge in [-0.15, -0.1) is 0 Å². The van der Waals surface area contributed by atoms with Crippen molar-refractivity contribution in [1.82, 2.24) is 9.38 Å². The van der Waals surface area contributed by atoms with Gasteiger partial charge in [0, 0.05) is 6.20 Å². The van der Waals surface area contributed by atoms with Crippen molar-refractivity contribution in [3.63, 3.8) is 0 Å². The number of nitrogens with zero attached hydrogens (tertiary/aromatic N) is 2. The quantitative estimate of drug-likeness (QED) is 0.746. The Morgan fingerprint density at radius 3 is 2.79 bits per heavy atom. The molecule has 1 unspecified atom stereocenters. The van der Waals surface area contributed by atoms with Gasteiger partial charge in [0.05, 0.1) is 17.5 Å². The molecular weight excluding hydrogens is 176 g/mol. The average molecular weight is 190 g/mol. The number of pyridine rings is 1. The largest absolute Gasteiger partial charge is 0.387 e. The van der Waals surface area contributed by atoms with Crippen molar-refractivity contribution in [3.8, 4) is 0 Å². The third-order valence-corrected chi connectivity index (χ3v) is 2.46. The number of hydrogen-bond acceptors (Lipinski definition) is 2. The van der Waals surface area contributed by atoms with Crippen LogP contribution in [0.25, 0.3) is 5.65 Å². The first-order valence-corrected chi connectivity index (χ1v) is 4.73. The summed E-state index contributed by atoms with van der Waals surface area (Å²) in [5.74, 6) is 0. The molecule has 0 bridgehead atoms. The summed E-state index contributed by atoms with van der Waals surface area (Å²) in [6.07, 6.45) is 1.46. The van der Waals surface area contributed by atoms with Crippen molar-refractivity contribution < 1.29 is 5.11 Å². The predicted octanol–water partition coefficient (Wildman–Crippen LogP) is 2.00. The number of hydrogen-bond donors (Lipinski definition) is 1. The molecule has 0 aromatic carbocycles. The summed E-state index contributed by atoms with van der Waals surface area (Å²) in [5, 5.41) is 9.62. The van der Waals surface area contributed by atoms with Crippen LogP contribution in [-0.2, 0) is 0 Å². The lowest BCUT2D eigenvalue weighted by molar-refractivity contribution is 0.192. The van der Waals surface area contributed by atoms with Gasteiger partial charge >= 0.3 is 0 Å². The molecule has 74 valence electrons. The molecule has 3 nitrogen and oxygen atoms in total. The zero-order valence-corrected chi connectivity index (χ0v) is 8.65. The summed E-state index contributed by atoms with van der Waals surface area (Å²) in [7, 11) is 0. The Morgan fingerprint density at radius 2 is 2.14 bits per heavy atom. The highest BCUT2D eigenvalue weighted by Crippen LogP contribution is 2.20. The Bertz CT molecular complexity index is 471. The molecule has 0 fully saturated rings. The summed E-state index contributed by atoms with van der Waals surface area (Å²) in [6, 6.07) is 3.99. The van der Waals surface area contributed by atoms with E-state index in [-0.39, 0.29) is 0 Å². The maximum Gasteiger partial charge on any atom is 0.140 e. The van der Waals surface area contributed by atoms with E-state index in [1.165, 1.54) is 0 Å².